The average Bonchev–Trinajstić information content (AvgIpc) is 2.38. The number of alkyl halides is 3. The van der Waals surface area contributed by atoms with Crippen molar-refractivity contribution in [2.45, 2.75) is 52.4 Å². The molecule has 0 radical (unpaired) electrons. The molecule has 0 saturated carbocycles. The van der Waals surface area contributed by atoms with E-state index in [1.54, 1.807) is 0 Å². The molecule has 1 rings (SSSR count). The molecule has 1 aromatic rings. The van der Waals surface area contributed by atoms with Crippen molar-refractivity contribution in [3.63, 3.8) is 0 Å². The first-order valence-corrected chi connectivity index (χ1v) is 7.24. The third-order valence-electron chi connectivity index (χ3n) is 3.42. The summed E-state index contributed by atoms with van der Waals surface area (Å²) in [5.74, 6) is 0. The largest absolute Gasteiger partial charge is 0.414 e. The Balaban J connectivity index is 2.80. The van der Waals surface area contributed by atoms with Crippen molar-refractivity contribution >= 4 is 0 Å². The van der Waals surface area contributed by atoms with E-state index in [1.807, 2.05) is 39.0 Å². The maximum Gasteiger partial charge on any atom is 0.414 e. The second-order valence-electron chi connectivity index (χ2n) is 5.38. The highest BCUT2D eigenvalue weighted by molar-refractivity contribution is 5.32. The van der Waals surface area contributed by atoms with E-state index in [2.05, 4.69) is 5.32 Å². The molecular weight excluding hydrogens is 279 g/mol. The lowest BCUT2D eigenvalue weighted by atomic mass is 9.99. The lowest BCUT2D eigenvalue weighted by molar-refractivity contribution is -0.215. The van der Waals surface area contributed by atoms with Crippen LogP contribution in [0.15, 0.2) is 18.2 Å². The van der Waals surface area contributed by atoms with Crippen LogP contribution >= 0.6 is 0 Å². The lowest BCUT2D eigenvalue weighted by Gasteiger charge is -2.24. The highest BCUT2D eigenvalue weighted by atomic mass is 19.4. The Morgan fingerprint density at radius 3 is 2.43 bits per heavy atom. The van der Waals surface area contributed by atoms with Gasteiger partial charge in [0.1, 0.15) is 0 Å². The van der Waals surface area contributed by atoms with Crippen LogP contribution in [0.3, 0.4) is 0 Å². The van der Waals surface area contributed by atoms with Gasteiger partial charge in [-0.15, -0.1) is 0 Å². The predicted octanol–water partition coefficient (Wildman–Crippen LogP) is 4.31. The summed E-state index contributed by atoms with van der Waals surface area (Å²) in [7, 11) is 0. The van der Waals surface area contributed by atoms with Gasteiger partial charge >= 0.3 is 6.18 Å². The summed E-state index contributed by atoms with van der Waals surface area (Å²) in [5, 5.41) is 3.26. The molecule has 0 aliphatic carbocycles. The predicted molar refractivity (Wildman–Crippen MR) is 78.4 cm³/mol. The van der Waals surface area contributed by atoms with Crippen LogP contribution in [-0.2, 0) is 4.74 Å². The number of benzene rings is 1. The number of halogens is 3. The topological polar surface area (TPSA) is 21.3 Å². The minimum atomic E-state index is -4.32. The zero-order valence-corrected chi connectivity index (χ0v) is 13.1. The first kappa shape index (κ1) is 18.0. The normalized spacial score (nSPS) is 15.0. The molecule has 5 heteroatoms. The molecule has 0 heterocycles. The number of aryl methyl sites for hydroxylation is 2. The molecule has 0 spiro atoms. The van der Waals surface area contributed by atoms with Gasteiger partial charge in [-0.2, -0.15) is 13.2 Å². The van der Waals surface area contributed by atoms with Crippen molar-refractivity contribution < 1.29 is 17.9 Å². The monoisotopic (exact) mass is 303 g/mol. The maximum atomic E-state index is 12.5. The molecule has 2 unspecified atom stereocenters. The lowest BCUT2D eigenvalue weighted by Crippen LogP contribution is -2.33. The highest BCUT2D eigenvalue weighted by Crippen LogP contribution is 2.25. The molecule has 1 N–H and O–H groups in total. The van der Waals surface area contributed by atoms with Crippen LogP contribution in [0.4, 0.5) is 13.2 Å². The Labute approximate surface area is 124 Å². The van der Waals surface area contributed by atoms with Crippen molar-refractivity contribution in [3.8, 4) is 0 Å². The number of nitrogens with one attached hydrogen (secondary N) is 1. The fourth-order valence-electron chi connectivity index (χ4n) is 2.13. The molecule has 2 nitrogen and oxygen atoms in total. The Hall–Kier alpha value is -1.07. The Bertz CT molecular complexity index is 446. The summed E-state index contributed by atoms with van der Waals surface area (Å²) in [4.78, 5) is 0. The van der Waals surface area contributed by atoms with Crippen molar-refractivity contribution in [2.75, 3.05) is 13.2 Å². The summed E-state index contributed by atoms with van der Waals surface area (Å²) in [5.41, 5.74) is 3.19. The summed E-state index contributed by atoms with van der Waals surface area (Å²) < 4.78 is 42.6. The maximum absolute atomic E-state index is 12.5. The quantitative estimate of drug-likeness (QED) is 0.810. The van der Waals surface area contributed by atoms with E-state index in [1.165, 1.54) is 0 Å². The third-order valence-corrected chi connectivity index (χ3v) is 3.42. The molecule has 0 aliphatic rings. The van der Waals surface area contributed by atoms with Crippen LogP contribution in [0, 0.1) is 13.8 Å². The van der Waals surface area contributed by atoms with Crippen LogP contribution in [0.5, 0.6) is 0 Å². The summed E-state index contributed by atoms with van der Waals surface area (Å²) in [6.07, 6.45) is -5.16. The van der Waals surface area contributed by atoms with E-state index in [0.717, 1.165) is 36.6 Å². The van der Waals surface area contributed by atoms with Crippen LogP contribution in [0.25, 0.3) is 0 Å². The molecule has 0 bridgehead atoms. The third kappa shape index (κ3) is 5.67. The summed E-state index contributed by atoms with van der Waals surface area (Å²) in [6, 6.07) is 5.73. The molecule has 0 amide bonds. The van der Waals surface area contributed by atoms with Crippen molar-refractivity contribution in [1.29, 1.82) is 0 Å². The van der Waals surface area contributed by atoms with E-state index in [-0.39, 0.29) is 12.6 Å². The second kappa shape index (κ2) is 7.80. The van der Waals surface area contributed by atoms with Crippen molar-refractivity contribution in [1.82, 2.24) is 5.32 Å². The van der Waals surface area contributed by atoms with E-state index in [4.69, 9.17) is 4.74 Å². The SMILES string of the molecule is CCCNC(COC(C)C(F)(F)F)c1ccc(C)cc1C. The van der Waals surface area contributed by atoms with Crippen molar-refractivity contribution in [3.05, 3.63) is 34.9 Å². The van der Waals surface area contributed by atoms with Gasteiger partial charge in [-0.3, -0.25) is 0 Å². The first-order valence-electron chi connectivity index (χ1n) is 7.24. The van der Waals surface area contributed by atoms with Gasteiger partial charge in [-0.1, -0.05) is 30.7 Å². The van der Waals surface area contributed by atoms with Gasteiger partial charge in [0.05, 0.1) is 12.6 Å². The van der Waals surface area contributed by atoms with Crippen LogP contribution in [0.1, 0.15) is 43.0 Å². The van der Waals surface area contributed by atoms with Gasteiger partial charge in [0.2, 0.25) is 0 Å². The van der Waals surface area contributed by atoms with E-state index < -0.39 is 12.3 Å². The Kier molecular flexibility index (Phi) is 6.68. The number of hydrogen-bond acceptors (Lipinski definition) is 2. The van der Waals surface area contributed by atoms with Crippen LogP contribution in [0.2, 0.25) is 0 Å². The van der Waals surface area contributed by atoms with Gasteiger partial charge in [-0.05, 0) is 44.9 Å². The van der Waals surface area contributed by atoms with Gasteiger partial charge in [-0.25, -0.2) is 0 Å². The molecule has 2 atom stereocenters. The second-order valence-corrected chi connectivity index (χ2v) is 5.38. The molecule has 0 aromatic heterocycles. The molecule has 21 heavy (non-hydrogen) atoms. The zero-order chi connectivity index (χ0) is 16.0. The van der Waals surface area contributed by atoms with E-state index >= 15 is 0 Å². The summed E-state index contributed by atoms with van der Waals surface area (Å²) >= 11 is 0. The smallest absolute Gasteiger partial charge is 0.367 e. The molecular formula is C16H24F3NO. The average molecular weight is 303 g/mol. The molecule has 0 saturated heterocycles. The Morgan fingerprint density at radius 2 is 1.90 bits per heavy atom. The summed E-state index contributed by atoms with van der Waals surface area (Å²) in [6.45, 7) is 7.76. The van der Waals surface area contributed by atoms with Gasteiger partial charge in [0.15, 0.2) is 6.10 Å². The van der Waals surface area contributed by atoms with Gasteiger partial charge in [0, 0.05) is 0 Å². The molecule has 1 aromatic carbocycles. The fourth-order valence-corrected chi connectivity index (χ4v) is 2.13. The molecule has 0 fully saturated rings. The molecule has 120 valence electrons. The van der Waals surface area contributed by atoms with Gasteiger partial charge in [0.25, 0.3) is 0 Å². The minimum Gasteiger partial charge on any atom is -0.367 e. The number of ether oxygens (including phenoxy) is 1. The van der Waals surface area contributed by atoms with Crippen LogP contribution < -0.4 is 5.32 Å². The minimum absolute atomic E-state index is 0.00454. The van der Waals surface area contributed by atoms with E-state index in [0.29, 0.717) is 0 Å². The fraction of sp³-hybridized carbons (Fsp3) is 0.625. The standard InChI is InChI=1S/C16H24F3NO/c1-5-8-20-15(10-21-13(4)16(17,18)19)14-7-6-11(2)9-12(14)3/h6-7,9,13,15,20H,5,8,10H2,1-4H3. The van der Waals surface area contributed by atoms with E-state index in [9.17, 15) is 13.2 Å². The number of rotatable bonds is 7. The molecule has 0 aliphatic heterocycles. The Morgan fingerprint density at radius 1 is 1.24 bits per heavy atom. The van der Waals surface area contributed by atoms with Crippen LogP contribution in [-0.4, -0.2) is 25.4 Å². The van der Waals surface area contributed by atoms with Gasteiger partial charge < -0.3 is 10.1 Å². The van der Waals surface area contributed by atoms with Crippen molar-refractivity contribution in [2.24, 2.45) is 0 Å². The highest BCUT2D eigenvalue weighted by Gasteiger charge is 2.37. The number of hydrogen-bond donors (Lipinski definition) is 1. The zero-order valence-electron chi connectivity index (χ0n) is 13.1. The first-order chi connectivity index (χ1) is 9.75.